The Morgan fingerprint density at radius 3 is 2.83 bits per heavy atom. The van der Waals surface area contributed by atoms with Crippen molar-refractivity contribution in [2.75, 3.05) is 0 Å². The second-order valence-corrected chi connectivity index (χ2v) is 7.44. The standard InChI is InChI=1S/C15H12N2O5S2/c16-14(17)10-6-9-3-4-21-7-11(9)12(10)8-24(19,20)22-15(18)13-2-1-5-23-13/h1-7H,8H2,(H3,16,17). The van der Waals surface area contributed by atoms with Crippen molar-refractivity contribution in [2.24, 2.45) is 5.73 Å². The van der Waals surface area contributed by atoms with Crippen LogP contribution in [0, 0.1) is 5.41 Å². The van der Waals surface area contributed by atoms with E-state index in [2.05, 4.69) is 4.18 Å². The number of hydrogen-bond donors (Lipinski definition) is 2. The van der Waals surface area contributed by atoms with Crippen molar-refractivity contribution in [1.29, 1.82) is 5.41 Å². The summed E-state index contributed by atoms with van der Waals surface area (Å²) >= 11 is 1.08. The number of nitrogens with one attached hydrogen (secondary N) is 1. The highest BCUT2D eigenvalue weighted by Crippen LogP contribution is 2.33. The summed E-state index contributed by atoms with van der Waals surface area (Å²) in [7, 11) is -4.21. The molecule has 2 aliphatic rings. The van der Waals surface area contributed by atoms with E-state index in [4.69, 9.17) is 15.6 Å². The SMILES string of the molecule is N=C(N)c1cc2ccocc-2c1CS(=O)(=O)OC(=O)c1cccs1. The van der Waals surface area contributed by atoms with Crippen LogP contribution < -0.4 is 5.73 Å². The lowest BCUT2D eigenvalue weighted by molar-refractivity contribution is 0.0751. The Kier molecular flexibility index (Phi) is 4.12. The number of carbonyl (C=O) groups is 1. The first-order valence-corrected chi connectivity index (χ1v) is 9.15. The number of nitrogen functional groups attached to an aromatic ring is 1. The minimum Gasteiger partial charge on any atom is -0.472 e. The summed E-state index contributed by atoms with van der Waals surface area (Å²) < 4.78 is 34.2. The van der Waals surface area contributed by atoms with Gasteiger partial charge >= 0.3 is 16.1 Å². The van der Waals surface area contributed by atoms with E-state index >= 15 is 0 Å². The Morgan fingerprint density at radius 1 is 1.38 bits per heavy atom. The molecule has 1 aromatic heterocycles. The summed E-state index contributed by atoms with van der Waals surface area (Å²) in [5.41, 5.74) is 7.24. The number of thiophene rings is 1. The Balaban J connectivity index is 1.93. The molecule has 0 unspecified atom stereocenters. The average Bonchev–Trinajstić information content (AvgIpc) is 3.15. The van der Waals surface area contributed by atoms with Crippen molar-refractivity contribution in [2.45, 2.75) is 5.75 Å². The summed E-state index contributed by atoms with van der Waals surface area (Å²) in [6.45, 7) is 0. The fourth-order valence-corrected chi connectivity index (χ4v) is 3.99. The molecule has 0 saturated carbocycles. The Labute approximate surface area is 141 Å². The zero-order chi connectivity index (χ0) is 17.3. The van der Waals surface area contributed by atoms with Gasteiger partial charge < -0.3 is 14.3 Å². The second kappa shape index (κ2) is 6.10. The Hall–Kier alpha value is -2.65. The van der Waals surface area contributed by atoms with E-state index in [0.717, 1.165) is 11.3 Å². The highest BCUT2D eigenvalue weighted by molar-refractivity contribution is 7.86. The topological polar surface area (TPSA) is 123 Å². The fraction of sp³-hybridized carbons (Fsp3) is 0.0667. The molecule has 1 aliphatic heterocycles. The molecule has 0 bridgehead atoms. The quantitative estimate of drug-likeness (QED) is 0.407. The smallest absolute Gasteiger partial charge is 0.363 e. The van der Waals surface area contributed by atoms with Crippen LogP contribution in [-0.4, -0.2) is 20.2 Å². The van der Waals surface area contributed by atoms with E-state index < -0.39 is 21.8 Å². The maximum absolute atomic E-state index is 12.2. The molecule has 2 heterocycles. The monoisotopic (exact) mass is 364 g/mol. The van der Waals surface area contributed by atoms with E-state index in [-0.39, 0.29) is 21.8 Å². The number of amidine groups is 1. The van der Waals surface area contributed by atoms with E-state index in [0.29, 0.717) is 11.1 Å². The van der Waals surface area contributed by atoms with Crippen molar-refractivity contribution in [3.63, 3.8) is 0 Å². The third-order valence-corrected chi connectivity index (χ3v) is 5.21. The molecule has 1 aromatic rings. The van der Waals surface area contributed by atoms with Crippen LogP contribution in [-0.2, 0) is 20.1 Å². The van der Waals surface area contributed by atoms with Crippen molar-refractivity contribution in [3.05, 3.63) is 58.2 Å². The highest BCUT2D eigenvalue weighted by atomic mass is 32.2. The van der Waals surface area contributed by atoms with Crippen molar-refractivity contribution in [1.82, 2.24) is 0 Å². The van der Waals surface area contributed by atoms with Crippen LogP contribution >= 0.6 is 11.3 Å². The lowest BCUT2D eigenvalue weighted by Crippen LogP contribution is -2.17. The molecule has 1 aliphatic carbocycles. The zero-order valence-corrected chi connectivity index (χ0v) is 13.8. The maximum Gasteiger partial charge on any atom is 0.363 e. The van der Waals surface area contributed by atoms with Crippen molar-refractivity contribution >= 4 is 33.3 Å². The van der Waals surface area contributed by atoms with Crippen LogP contribution in [0.25, 0.3) is 11.1 Å². The fourth-order valence-electron chi connectivity index (χ4n) is 2.29. The van der Waals surface area contributed by atoms with Crippen LogP contribution in [0.5, 0.6) is 0 Å². The Bertz CT molecular complexity index is 973. The molecule has 0 spiro atoms. The molecule has 3 N–H and O–H groups in total. The lowest BCUT2D eigenvalue weighted by atomic mass is 10.1. The molecule has 124 valence electrons. The van der Waals surface area contributed by atoms with Crippen molar-refractivity contribution in [3.8, 4) is 11.1 Å². The van der Waals surface area contributed by atoms with Crippen LogP contribution in [0.3, 0.4) is 0 Å². The molecular formula is C15H12N2O5S2. The van der Waals surface area contributed by atoms with Gasteiger partial charge in [-0.05, 0) is 34.7 Å². The number of rotatable bonds is 5. The van der Waals surface area contributed by atoms with Gasteiger partial charge in [-0.3, -0.25) is 5.41 Å². The maximum atomic E-state index is 12.2. The van der Waals surface area contributed by atoms with Crippen molar-refractivity contribution < 1.29 is 21.8 Å². The highest BCUT2D eigenvalue weighted by Gasteiger charge is 2.26. The largest absolute Gasteiger partial charge is 0.472 e. The predicted molar refractivity (Wildman–Crippen MR) is 88.7 cm³/mol. The molecule has 0 radical (unpaired) electrons. The van der Waals surface area contributed by atoms with E-state index in [1.807, 2.05) is 0 Å². The van der Waals surface area contributed by atoms with Crippen LogP contribution in [0.4, 0.5) is 0 Å². The number of nitrogens with two attached hydrogens (primary N) is 1. The third-order valence-electron chi connectivity index (χ3n) is 3.31. The summed E-state index contributed by atoms with van der Waals surface area (Å²) in [5.74, 6) is -1.81. The molecule has 0 amide bonds. The molecular weight excluding hydrogens is 352 g/mol. The van der Waals surface area contributed by atoms with Gasteiger partial charge in [-0.15, -0.1) is 11.3 Å². The molecule has 0 fully saturated rings. The summed E-state index contributed by atoms with van der Waals surface area (Å²) in [4.78, 5) is 12.0. The first-order valence-electron chi connectivity index (χ1n) is 6.69. The van der Waals surface area contributed by atoms with Gasteiger partial charge in [0.05, 0.1) is 12.5 Å². The van der Waals surface area contributed by atoms with E-state index in [1.165, 1.54) is 18.6 Å². The average molecular weight is 364 g/mol. The molecule has 0 aromatic carbocycles. The van der Waals surface area contributed by atoms with Gasteiger partial charge in [-0.1, -0.05) is 6.07 Å². The Morgan fingerprint density at radius 2 is 2.17 bits per heavy atom. The molecule has 3 rings (SSSR count). The first kappa shape index (κ1) is 16.2. The second-order valence-electron chi connectivity index (χ2n) is 4.93. The van der Waals surface area contributed by atoms with Crippen LogP contribution in [0.15, 0.2) is 46.6 Å². The van der Waals surface area contributed by atoms with Gasteiger partial charge in [0.15, 0.2) is 0 Å². The van der Waals surface area contributed by atoms with Gasteiger partial charge in [-0.2, -0.15) is 8.42 Å². The molecule has 0 saturated heterocycles. The predicted octanol–water partition coefficient (Wildman–Crippen LogP) is 2.42. The summed E-state index contributed by atoms with van der Waals surface area (Å²) in [5, 5.41) is 9.26. The van der Waals surface area contributed by atoms with Gasteiger partial charge in [0, 0.05) is 11.1 Å². The first-order chi connectivity index (χ1) is 11.4. The van der Waals surface area contributed by atoms with E-state index in [9.17, 15) is 13.2 Å². The zero-order valence-electron chi connectivity index (χ0n) is 12.2. The van der Waals surface area contributed by atoms with Crippen LogP contribution in [0.2, 0.25) is 0 Å². The van der Waals surface area contributed by atoms with E-state index in [1.54, 1.807) is 23.6 Å². The molecule has 9 heteroatoms. The number of hydrogen-bond acceptors (Lipinski definition) is 7. The van der Waals surface area contributed by atoms with Gasteiger partial charge in [0.25, 0.3) is 0 Å². The lowest BCUT2D eigenvalue weighted by Gasteiger charge is -2.07. The number of fused-ring (bicyclic) bond motifs is 1. The van der Waals surface area contributed by atoms with Crippen LogP contribution in [0.1, 0.15) is 20.8 Å². The summed E-state index contributed by atoms with van der Waals surface area (Å²) in [6, 6.07) is 6.32. The van der Waals surface area contributed by atoms with Gasteiger partial charge in [0.2, 0.25) is 0 Å². The third kappa shape index (κ3) is 3.17. The number of carbonyl (C=O) groups excluding carboxylic acids is 1. The molecule has 24 heavy (non-hydrogen) atoms. The minimum absolute atomic E-state index is 0.188. The normalized spacial score (nSPS) is 11.5. The summed E-state index contributed by atoms with van der Waals surface area (Å²) in [6.07, 6.45) is 2.80. The minimum atomic E-state index is -4.21. The molecule has 0 atom stereocenters. The van der Waals surface area contributed by atoms with Gasteiger partial charge in [0.1, 0.15) is 16.5 Å². The molecule has 7 nitrogen and oxygen atoms in total. The van der Waals surface area contributed by atoms with Gasteiger partial charge in [-0.25, -0.2) is 4.79 Å².